The normalized spacial score (nSPS) is 10.4. The number of carboxylic acids is 1. The van der Waals surface area contributed by atoms with Crippen molar-refractivity contribution in [3.63, 3.8) is 0 Å². The van der Waals surface area contributed by atoms with E-state index in [1.807, 2.05) is 0 Å². The molecule has 0 aromatic carbocycles. The molecule has 0 unspecified atom stereocenters. The van der Waals surface area contributed by atoms with Crippen LogP contribution < -0.4 is 11.2 Å². The molecule has 0 bridgehead atoms. The molecule has 1 N–H and O–H groups in total. The van der Waals surface area contributed by atoms with E-state index in [0.717, 1.165) is 9.13 Å². The number of aryl methyl sites for hydroxylation is 2. The second-order valence-corrected chi connectivity index (χ2v) is 3.68. The largest absolute Gasteiger partial charge is 0.475 e. The summed E-state index contributed by atoms with van der Waals surface area (Å²) in [7, 11) is 4.19. The van der Waals surface area contributed by atoms with Crippen molar-refractivity contribution in [1.29, 1.82) is 0 Å². The van der Waals surface area contributed by atoms with Crippen molar-refractivity contribution in [3.05, 3.63) is 26.7 Å². The third-order valence-corrected chi connectivity index (χ3v) is 2.67. The molecular formula is C9H13AlN4O4. The van der Waals surface area contributed by atoms with Crippen molar-refractivity contribution in [2.24, 2.45) is 21.1 Å². The fraction of sp³-hybridized carbons (Fsp3) is 0.333. The first-order valence-corrected chi connectivity index (χ1v) is 4.72. The molecule has 0 fully saturated rings. The topological polar surface area (TPSA) is 99.1 Å². The van der Waals surface area contributed by atoms with Crippen LogP contribution in [-0.4, -0.2) is 47.1 Å². The molecule has 8 nitrogen and oxygen atoms in total. The molecule has 0 spiro atoms. The van der Waals surface area contributed by atoms with Gasteiger partial charge in [-0.15, -0.1) is 0 Å². The Morgan fingerprint density at radius 2 is 1.67 bits per heavy atom. The molecule has 2 rings (SSSR count). The molecule has 0 saturated heterocycles. The first-order valence-electron chi connectivity index (χ1n) is 4.72. The van der Waals surface area contributed by atoms with Gasteiger partial charge in [-0.05, 0) is 0 Å². The lowest BCUT2D eigenvalue weighted by molar-refractivity contribution is 0.0680. The maximum atomic E-state index is 11.9. The predicted molar refractivity (Wildman–Crippen MR) is 68.1 cm³/mol. The first-order chi connectivity index (χ1) is 7.86. The van der Waals surface area contributed by atoms with Crippen LogP contribution in [0, 0.1) is 0 Å². The number of imidazole rings is 1. The van der Waals surface area contributed by atoms with E-state index in [4.69, 9.17) is 5.11 Å². The lowest BCUT2D eigenvalue weighted by atomic mass is 10.5. The number of carbonyl (C=O) groups is 1. The van der Waals surface area contributed by atoms with Crippen molar-refractivity contribution in [2.45, 2.75) is 0 Å². The standard InChI is InChI=1S/C9H10N4O4.Al.3H/c1-11-4-5(10-6(11)8(15)16)12(2)9(17)13(3)7(4)14;;;;/h1-3H3,(H,15,16);;;;. The zero-order chi connectivity index (χ0) is 12.9. The van der Waals surface area contributed by atoms with Gasteiger partial charge in [0.05, 0.1) is 0 Å². The minimum absolute atomic E-state index is 0. The first kappa shape index (κ1) is 14.2. The highest BCUT2D eigenvalue weighted by Gasteiger charge is 2.20. The van der Waals surface area contributed by atoms with Crippen LogP contribution in [-0.2, 0) is 21.1 Å². The molecule has 96 valence electrons. The van der Waals surface area contributed by atoms with Crippen molar-refractivity contribution in [3.8, 4) is 0 Å². The summed E-state index contributed by atoms with van der Waals surface area (Å²) < 4.78 is 3.22. The molecule has 2 aromatic heterocycles. The van der Waals surface area contributed by atoms with Gasteiger partial charge in [-0.1, -0.05) is 0 Å². The van der Waals surface area contributed by atoms with E-state index in [-0.39, 0.29) is 34.3 Å². The van der Waals surface area contributed by atoms with Crippen LogP contribution in [0.4, 0.5) is 0 Å². The van der Waals surface area contributed by atoms with Gasteiger partial charge in [0, 0.05) is 21.1 Å². The zero-order valence-corrected chi connectivity index (χ0v) is 9.46. The van der Waals surface area contributed by atoms with E-state index >= 15 is 0 Å². The van der Waals surface area contributed by atoms with Crippen molar-refractivity contribution >= 4 is 34.5 Å². The number of hydrogen-bond acceptors (Lipinski definition) is 4. The maximum Gasteiger partial charge on any atom is 0.372 e. The fourth-order valence-corrected chi connectivity index (χ4v) is 1.71. The average molecular weight is 268 g/mol. The molecule has 18 heavy (non-hydrogen) atoms. The fourth-order valence-electron chi connectivity index (χ4n) is 1.71. The number of aromatic carboxylic acids is 1. The van der Waals surface area contributed by atoms with Crippen LogP contribution in [0.3, 0.4) is 0 Å². The van der Waals surface area contributed by atoms with Crippen molar-refractivity contribution in [2.75, 3.05) is 0 Å². The Kier molecular flexibility index (Phi) is 3.50. The third-order valence-electron chi connectivity index (χ3n) is 2.67. The summed E-state index contributed by atoms with van der Waals surface area (Å²) in [6.45, 7) is 0. The highest BCUT2D eigenvalue weighted by Crippen LogP contribution is 2.08. The number of hydrogen-bond donors (Lipinski definition) is 1. The van der Waals surface area contributed by atoms with E-state index in [9.17, 15) is 14.4 Å². The molecule has 0 saturated carbocycles. The van der Waals surface area contributed by atoms with Gasteiger partial charge in [-0.2, -0.15) is 0 Å². The number of rotatable bonds is 1. The van der Waals surface area contributed by atoms with E-state index in [0.29, 0.717) is 0 Å². The van der Waals surface area contributed by atoms with Gasteiger partial charge in [-0.25, -0.2) is 14.6 Å². The summed E-state index contributed by atoms with van der Waals surface area (Å²) in [5, 5.41) is 8.91. The molecular weight excluding hydrogens is 255 g/mol. The Labute approximate surface area is 111 Å². The predicted octanol–water partition coefficient (Wildman–Crippen LogP) is -2.51. The minimum atomic E-state index is -1.25. The second-order valence-electron chi connectivity index (χ2n) is 3.68. The van der Waals surface area contributed by atoms with Gasteiger partial charge in [0.2, 0.25) is 5.82 Å². The number of aromatic nitrogens is 4. The molecule has 0 aliphatic heterocycles. The Hall–Kier alpha value is -1.85. The molecule has 0 amide bonds. The summed E-state index contributed by atoms with van der Waals surface area (Å²) in [5.74, 6) is -1.53. The summed E-state index contributed by atoms with van der Waals surface area (Å²) >= 11 is 0. The van der Waals surface area contributed by atoms with E-state index < -0.39 is 17.2 Å². The van der Waals surface area contributed by atoms with Crippen LogP contribution in [0.25, 0.3) is 11.2 Å². The van der Waals surface area contributed by atoms with Gasteiger partial charge < -0.3 is 9.67 Å². The minimum Gasteiger partial charge on any atom is -0.475 e. The van der Waals surface area contributed by atoms with Crippen LogP contribution in [0.5, 0.6) is 0 Å². The molecule has 0 aliphatic carbocycles. The van der Waals surface area contributed by atoms with Gasteiger partial charge in [0.15, 0.2) is 28.5 Å². The summed E-state index contributed by atoms with van der Waals surface area (Å²) in [6.07, 6.45) is 0. The Morgan fingerprint density at radius 1 is 1.11 bits per heavy atom. The van der Waals surface area contributed by atoms with Crippen LogP contribution in [0.1, 0.15) is 10.6 Å². The quantitative estimate of drug-likeness (QED) is 0.576. The lowest BCUT2D eigenvalue weighted by Gasteiger charge is -2.02. The summed E-state index contributed by atoms with van der Waals surface area (Å²) in [4.78, 5) is 38.2. The van der Waals surface area contributed by atoms with E-state index in [1.165, 1.54) is 25.7 Å². The summed E-state index contributed by atoms with van der Waals surface area (Å²) in [5.41, 5.74) is -0.951. The van der Waals surface area contributed by atoms with Crippen LogP contribution in [0.2, 0.25) is 0 Å². The highest BCUT2D eigenvalue weighted by atomic mass is 27.0. The van der Waals surface area contributed by atoms with Crippen LogP contribution in [0.15, 0.2) is 9.59 Å². The molecule has 2 heterocycles. The Bertz CT molecular complexity index is 754. The molecule has 0 radical (unpaired) electrons. The molecule has 2 aromatic rings. The third kappa shape index (κ3) is 1.68. The molecule has 9 heteroatoms. The monoisotopic (exact) mass is 268 g/mol. The van der Waals surface area contributed by atoms with Gasteiger partial charge >= 0.3 is 11.7 Å². The van der Waals surface area contributed by atoms with Crippen molar-refractivity contribution < 1.29 is 9.90 Å². The molecule has 0 aliphatic rings. The Morgan fingerprint density at radius 3 is 2.17 bits per heavy atom. The van der Waals surface area contributed by atoms with Gasteiger partial charge in [0.25, 0.3) is 5.56 Å². The molecule has 0 atom stereocenters. The van der Waals surface area contributed by atoms with E-state index in [2.05, 4.69) is 4.98 Å². The highest BCUT2D eigenvalue weighted by molar-refractivity contribution is 5.88. The number of nitrogens with zero attached hydrogens (tertiary/aromatic N) is 4. The number of carboxylic acid groups (broad SMARTS) is 1. The Balaban J connectivity index is 0.00000162. The van der Waals surface area contributed by atoms with Gasteiger partial charge in [0.1, 0.15) is 0 Å². The summed E-state index contributed by atoms with van der Waals surface area (Å²) in [6, 6.07) is 0. The van der Waals surface area contributed by atoms with Crippen LogP contribution >= 0.6 is 0 Å². The smallest absolute Gasteiger partial charge is 0.372 e. The maximum absolute atomic E-state index is 11.9. The lowest BCUT2D eigenvalue weighted by Crippen LogP contribution is -2.37. The SMILES string of the molecule is Cn1c(=O)c2c(nc(C(=O)O)n2C)n(C)c1=O.[AlH3]. The van der Waals surface area contributed by atoms with Gasteiger partial charge in [-0.3, -0.25) is 13.9 Å². The number of fused-ring (bicyclic) bond motifs is 1. The second kappa shape index (κ2) is 4.44. The average Bonchev–Trinajstić information content (AvgIpc) is 2.62. The van der Waals surface area contributed by atoms with Crippen molar-refractivity contribution in [1.82, 2.24) is 18.7 Å². The zero-order valence-electron chi connectivity index (χ0n) is 9.46. The van der Waals surface area contributed by atoms with E-state index in [1.54, 1.807) is 0 Å².